The minimum Gasteiger partial charge on any atom is -0.399 e. The zero-order valence-corrected chi connectivity index (χ0v) is 16.9. The van der Waals surface area contributed by atoms with Gasteiger partial charge in [-0.3, -0.25) is 9.69 Å². The molecule has 0 aliphatic carbocycles. The molecular formula is C25H25N3O2. The molecule has 0 radical (unpaired) electrons. The van der Waals surface area contributed by atoms with Crippen molar-refractivity contribution in [3.63, 3.8) is 0 Å². The largest absolute Gasteiger partial charge is 0.399 e. The Morgan fingerprint density at radius 1 is 0.900 bits per heavy atom. The van der Waals surface area contributed by atoms with Gasteiger partial charge in [-0.15, -0.1) is 0 Å². The van der Waals surface area contributed by atoms with E-state index in [9.17, 15) is 4.79 Å². The molecule has 5 rings (SSSR count). The number of nitrogen functional groups attached to an aromatic ring is 1. The number of ketones is 1. The summed E-state index contributed by atoms with van der Waals surface area (Å²) < 4.78 is 7.65. The molecule has 0 unspecified atom stereocenters. The van der Waals surface area contributed by atoms with Crippen molar-refractivity contribution in [2.75, 3.05) is 38.6 Å². The van der Waals surface area contributed by atoms with Crippen LogP contribution in [0.5, 0.6) is 0 Å². The lowest BCUT2D eigenvalue weighted by Gasteiger charge is -2.26. The molecule has 0 saturated carbocycles. The van der Waals surface area contributed by atoms with Gasteiger partial charge in [-0.05, 0) is 29.0 Å². The van der Waals surface area contributed by atoms with Gasteiger partial charge in [-0.25, -0.2) is 0 Å². The summed E-state index contributed by atoms with van der Waals surface area (Å²) in [5, 5.41) is 2.90. The van der Waals surface area contributed by atoms with Gasteiger partial charge in [0.2, 0.25) is 0 Å². The molecule has 1 saturated heterocycles. The fourth-order valence-electron chi connectivity index (χ4n) is 4.35. The Labute approximate surface area is 175 Å². The van der Waals surface area contributed by atoms with E-state index in [1.807, 2.05) is 54.7 Å². The number of fused-ring (bicyclic) bond motifs is 2. The Hall–Kier alpha value is -3.15. The average Bonchev–Trinajstić information content (AvgIpc) is 3.16. The topological polar surface area (TPSA) is 60.5 Å². The second-order valence-corrected chi connectivity index (χ2v) is 7.83. The summed E-state index contributed by atoms with van der Waals surface area (Å²) in [6, 6.07) is 19.7. The first kappa shape index (κ1) is 18.9. The van der Waals surface area contributed by atoms with Crippen LogP contribution < -0.4 is 5.73 Å². The van der Waals surface area contributed by atoms with Crippen LogP contribution in [0.2, 0.25) is 0 Å². The molecule has 1 aliphatic heterocycles. The van der Waals surface area contributed by atoms with Crippen LogP contribution in [0.25, 0.3) is 21.7 Å². The molecule has 1 aromatic heterocycles. The fraction of sp³-hybridized carbons (Fsp3) is 0.240. The maximum atomic E-state index is 13.6. The summed E-state index contributed by atoms with van der Waals surface area (Å²) in [7, 11) is 0. The number of nitrogens with zero attached hydrogens (tertiary/aromatic N) is 2. The third-order valence-corrected chi connectivity index (χ3v) is 5.92. The van der Waals surface area contributed by atoms with E-state index in [1.54, 1.807) is 6.07 Å². The molecule has 0 atom stereocenters. The first-order chi connectivity index (χ1) is 14.7. The fourth-order valence-corrected chi connectivity index (χ4v) is 4.35. The van der Waals surface area contributed by atoms with Crippen LogP contribution in [0.1, 0.15) is 15.9 Å². The number of anilines is 1. The molecule has 0 amide bonds. The van der Waals surface area contributed by atoms with Gasteiger partial charge in [0.1, 0.15) is 0 Å². The maximum absolute atomic E-state index is 13.6. The summed E-state index contributed by atoms with van der Waals surface area (Å²) in [4.78, 5) is 16.1. The van der Waals surface area contributed by atoms with Crippen LogP contribution in [0.3, 0.4) is 0 Å². The van der Waals surface area contributed by atoms with Crippen molar-refractivity contribution in [2.45, 2.75) is 6.54 Å². The van der Waals surface area contributed by atoms with Gasteiger partial charge in [-0.2, -0.15) is 0 Å². The minimum atomic E-state index is 0.0137. The molecule has 2 N–H and O–H groups in total. The third kappa shape index (κ3) is 3.47. The molecule has 5 nitrogen and oxygen atoms in total. The van der Waals surface area contributed by atoms with Gasteiger partial charge in [0.05, 0.1) is 13.2 Å². The van der Waals surface area contributed by atoms with Crippen molar-refractivity contribution in [2.24, 2.45) is 0 Å². The van der Waals surface area contributed by atoms with Crippen LogP contribution in [0.4, 0.5) is 5.69 Å². The minimum absolute atomic E-state index is 0.0137. The van der Waals surface area contributed by atoms with Gasteiger partial charge < -0.3 is 15.0 Å². The second-order valence-electron chi connectivity index (χ2n) is 7.83. The van der Waals surface area contributed by atoms with Gasteiger partial charge in [0, 0.05) is 60.1 Å². The summed E-state index contributed by atoms with van der Waals surface area (Å²) in [6.07, 6.45) is 2.01. The number of ether oxygens (including phenoxy) is 1. The number of hydrogen-bond acceptors (Lipinski definition) is 4. The highest BCUT2D eigenvalue weighted by molar-refractivity contribution is 6.21. The van der Waals surface area contributed by atoms with Crippen LogP contribution in [0.15, 0.2) is 66.9 Å². The first-order valence-electron chi connectivity index (χ1n) is 10.4. The van der Waals surface area contributed by atoms with E-state index in [-0.39, 0.29) is 5.78 Å². The summed E-state index contributed by atoms with van der Waals surface area (Å²) >= 11 is 0. The zero-order chi connectivity index (χ0) is 20.5. The molecule has 3 aromatic carbocycles. The molecule has 1 aliphatic rings. The number of aromatic nitrogens is 1. The van der Waals surface area contributed by atoms with Crippen molar-refractivity contribution >= 4 is 33.1 Å². The van der Waals surface area contributed by atoms with Crippen LogP contribution in [0, 0.1) is 0 Å². The lowest BCUT2D eigenvalue weighted by atomic mass is 9.96. The number of morpholine rings is 1. The van der Waals surface area contributed by atoms with Crippen molar-refractivity contribution in [3.8, 4) is 0 Å². The van der Waals surface area contributed by atoms with E-state index in [1.165, 1.54) is 0 Å². The van der Waals surface area contributed by atoms with Gasteiger partial charge in [-0.1, -0.05) is 42.5 Å². The lowest BCUT2D eigenvalue weighted by Crippen LogP contribution is -2.38. The molecule has 0 bridgehead atoms. The standard InChI is InChI=1S/C25H25N3O2/c26-19-15-18-5-1-2-6-20(18)22(16-19)25(29)23-17-28(24-8-4-3-7-21(23)24)10-9-27-11-13-30-14-12-27/h1-8,15-17H,9-14,26H2. The van der Waals surface area contributed by atoms with E-state index in [2.05, 4.69) is 15.5 Å². The monoisotopic (exact) mass is 399 g/mol. The molecule has 4 aromatic rings. The second kappa shape index (κ2) is 7.94. The molecule has 1 fully saturated rings. The molecule has 2 heterocycles. The van der Waals surface area contributed by atoms with Gasteiger partial charge >= 0.3 is 0 Å². The van der Waals surface area contributed by atoms with Crippen molar-refractivity contribution in [3.05, 3.63) is 78.0 Å². The Balaban J connectivity index is 1.54. The quantitative estimate of drug-likeness (QED) is 0.408. The highest BCUT2D eigenvalue weighted by atomic mass is 16.5. The lowest BCUT2D eigenvalue weighted by molar-refractivity contribution is 0.0365. The van der Waals surface area contributed by atoms with E-state index in [0.717, 1.165) is 66.6 Å². The van der Waals surface area contributed by atoms with Crippen molar-refractivity contribution in [1.29, 1.82) is 0 Å². The number of benzene rings is 3. The highest BCUT2D eigenvalue weighted by Gasteiger charge is 2.19. The Morgan fingerprint density at radius 3 is 2.47 bits per heavy atom. The Bertz CT molecular complexity index is 1220. The molecular weight excluding hydrogens is 374 g/mol. The van der Waals surface area contributed by atoms with Gasteiger partial charge in [0.15, 0.2) is 5.78 Å². The Kier molecular flexibility index (Phi) is 4.99. The summed E-state index contributed by atoms with van der Waals surface area (Å²) in [6.45, 7) is 5.28. The smallest absolute Gasteiger partial charge is 0.195 e. The summed E-state index contributed by atoms with van der Waals surface area (Å²) in [5.41, 5.74) is 9.19. The third-order valence-electron chi connectivity index (χ3n) is 5.92. The number of carbonyl (C=O) groups excluding carboxylic acids is 1. The number of carbonyl (C=O) groups is 1. The van der Waals surface area contributed by atoms with Crippen LogP contribution in [-0.2, 0) is 11.3 Å². The van der Waals surface area contributed by atoms with Crippen LogP contribution >= 0.6 is 0 Å². The molecule has 5 heteroatoms. The summed E-state index contributed by atoms with van der Waals surface area (Å²) in [5.74, 6) is 0.0137. The van der Waals surface area contributed by atoms with E-state index in [0.29, 0.717) is 11.3 Å². The van der Waals surface area contributed by atoms with Gasteiger partial charge in [0.25, 0.3) is 0 Å². The number of hydrogen-bond donors (Lipinski definition) is 1. The first-order valence-corrected chi connectivity index (χ1v) is 10.4. The zero-order valence-electron chi connectivity index (χ0n) is 16.9. The predicted molar refractivity (Wildman–Crippen MR) is 121 cm³/mol. The average molecular weight is 399 g/mol. The van der Waals surface area contributed by atoms with Crippen molar-refractivity contribution in [1.82, 2.24) is 9.47 Å². The van der Waals surface area contributed by atoms with E-state index < -0.39 is 0 Å². The molecule has 0 spiro atoms. The normalized spacial score (nSPS) is 15.1. The number of para-hydroxylation sites is 1. The van der Waals surface area contributed by atoms with E-state index in [4.69, 9.17) is 10.5 Å². The predicted octanol–water partition coefficient (Wildman–Crippen LogP) is 3.94. The van der Waals surface area contributed by atoms with Crippen LogP contribution in [-0.4, -0.2) is 48.1 Å². The highest BCUT2D eigenvalue weighted by Crippen LogP contribution is 2.29. The molecule has 30 heavy (non-hydrogen) atoms. The number of nitrogens with two attached hydrogens (primary N) is 1. The number of rotatable bonds is 5. The van der Waals surface area contributed by atoms with Crippen molar-refractivity contribution < 1.29 is 9.53 Å². The van der Waals surface area contributed by atoms with E-state index >= 15 is 0 Å². The SMILES string of the molecule is Nc1cc(C(=O)c2cn(CCN3CCOCC3)c3ccccc23)c2ccccc2c1. The maximum Gasteiger partial charge on any atom is 0.195 e. The molecule has 152 valence electrons. The Morgan fingerprint density at radius 2 is 1.63 bits per heavy atom.